The van der Waals surface area contributed by atoms with Crippen LogP contribution >= 0.6 is 15.9 Å². The fourth-order valence-electron chi connectivity index (χ4n) is 0.450. The Kier molecular flexibility index (Phi) is 3.86. The molecule has 0 heterocycles. The monoisotopic (exact) mass is 194 g/mol. The third kappa shape index (κ3) is 2.84. The minimum Gasteiger partial charge on any atom is -0.480 e. The Morgan fingerprint density at radius 3 is 2.33 bits per heavy atom. The van der Waals surface area contributed by atoms with Crippen molar-refractivity contribution >= 4 is 21.9 Å². The summed E-state index contributed by atoms with van der Waals surface area (Å²) in [5.41, 5.74) is 0. The van der Waals surface area contributed by atoms with Crippen LogP contribution in [-0.4, -0.2) is 15.9 Å². The van der Waals surface area contributed by atoms with Gasteiger partial charge in [0.05, 0.1) is 0 Å². The van der Waals surface area contributed by atoms with E-state index in [1.54, 1.807) is 0 Å². The first-order valence-electron chi connectivity index (χ1n) is 2.96. The molecule has 3 heteroatoms. The maximum absolute atomic E-state index is 10.3. The molecule has 0 bridgehead atoms. The summed E-state index contributed by atoms with van der Waals surface area (Å²) in [6.45, 7) is 3.88. The summed E-state index contributed by atoms with van der Waals surface area (Å²) in [7, 11) is 0. The summed E-state index contributed by atoms with van der Waals surface area (Å²) in [5, 5.41) is 8.44. The second kappa shape index (κ2) is 3.88. The number of rotatable bonds is 3. The fourth-order valence-corrected chi connectivity index (χ4v) is 0.824. The van der Waals surface area contributed by atoms with E-state index in [1.165, 1.54) is 0 Å². The highest BCUT2D eigenvalue weighted by Crippen LogP contribution is 2.15. The number of carbonyl (C=O) groups is 1. The molecule has 54 valence electrons. The second-order valence-electron chi connectivity index (χ2n) is 2.13. The molecule has 0 aliphatic carbocycles. The number of carboxylic acid groups (broad SMARTS) is 1. The van der Waals surface area contributed by atoms with E-state index in [0.717, 1.165) is 6.42 Å². The Morgan fingerprint density at radius 1 is 1.78 bits per heavy atom. The van der Waals surface area contributed by atoms with Gasteiger partial charge in [0.1, 0.15) is 4.83 Å². The Hall–Kier alpha value is -0.0500. The average molecular weight is 195 g/mol. The van der Waals surface area contributed by atoms with Crippen molar-refractivity contribution < 1.29 is 9.90 Å². The zero-order valence-electron chi connectivity index (χ0n) is 5.60. The van der Waals surface area contributed by atoms with Crippen molar-refractivity contribution in [2.75, 3.05) is 0 Å². The van der Waals surface area contributed by atoms with Crippen LogP contribution in [0.2, 0.25) is 0 Å². The predicted octanol–water partition coefficient (Wildman–Crippen LogP) is 1.88. The zero-order valence-corrected chi connectivity index (χ0v) is 7.18. The van der Waals surface area contributed by atoms with Crippen LogP contribution in [0.15, 0.2) is 0 Å². The molecule has 2 nitrogen and oxygen atoms in total. The molecule has 1 N–H and O–H groups in total. The second-order valence-corrected chi connectivity index (χ2v) is 3.11. The minimum absolute atomic E-state index is 0.211. The van der Waals surface area contributed by atoms with Crippen LogP contribution in [-0.2, 0) is 4.79 Å². The number of hydrogen-bond acceptors (Lipinski definition) is 1. The molecular weight excluding hydrogens is 184 g/mol. The maximum Gasteiger partial charge on any atom is 0.317 e. The lowest BCUT2D eigenvalue weighted by molar-refractivity contribution is -0.137. The van der Waals surface area contributed by atoms with E-state index in [-0.39, 0.29) is 10.7 Å². The quantitative estimate of drug-likeness (QED) is 0.698. The van der Waals surface area contributed by atoms with Gasteiger partial charge in [-0.15, -0.1) is 0 Å². The summed E-state index contributed by atoms with van der Waals surface area (Å²) < 4.78 is 0. The molecule has 0 fully saturated rings. The SMILES string of the molecule is CC[C@@H](C)C(Br)C(=O)O. The Labute approximate surface area is 63.4 Å². The van der Waals surface area contributed by atoms with E-state index in [1.807, 2.05) is 13.8 Å². The molecule has 0 spiro atoms. The van der Waals surface area contributed by atoms with Crippen molar-refractivity contribution in [1.82, 2.24) is 0 Å². The van der Waals surface area contributed by atoms with Crippen LogP contribution in [0.4, 0.5) is 0 Å². The van der Waals surface area contributed by atoms with Gasteiger partial charge >= 0.3 is 5.97 Å². The lowest BCUT2D eigenvalue weighted by atomic mass is 10.1. The van der Waals surface area contributed by atoms with Crippen molar-refractivity contribution in [2.24, 2.45) is 5.92 Å². The van der Waals surface area contributed by atoms with Crippen molar-refractivity contribution in [3.8, 4) is 0 Å². The molecular formula is C6H11BrO2. The van der Waals surface area contributed by atoms with Crippen LogP contribution in [0.5, 0.6) is 0 Å². The first-order valence-corrected chi connectivity index (χ1v) is 3.88. The smallest absolute Gasteiger partial charge is 0.317 e. The molecule has 1 unspecified atom stereocenters. The highest BCUT2D eigenvalue weighted by molar-refractivity contribution is 9.10. The molecule has 0 radical (unpaired) electrons. The predicted molar refractivity (Wildman–Crippen MR) is 39.8 cm³/mol. The standard InChI is InChI=1S/C6H11BrO2/c1-3-4(2)5(7)6(8)9/h4-5H,3H2,1-2H3,(H,8,9)/t4-,5?/m1/s1. The molecule has 0 aliphatic rings. The Balaban J connectivity index is 3.72. The summed E-state index contributed by atoms with van der Waals surface area (Å²) in [6, 6.07) is 0. The van der Waals surface area contributed by atoms with Gasteiger partial charge in [-0.1, -0.05) is 36.2 Å². The van der Waals surface area contributed by atoms with E-state index in [2.05, 4.69) is 15.9 Å². The largest absolute Gasteiger partial charge is 0.480 e. The van der Waals surface area contributed by atoms with E-state index < -0.39 is 5.97 Å². The number of halogens is 1. The highest BCUT2D eigenvalue weighted by atomic mass is 79.9. The topological polar surface area (TPSA) is 37.3 Å². The maximum atomic E-state index is 10.3. The van der Waals surface area contributed by atoms with Crippen LogP contribution in [0, 0.1) is 5.92 Å². The van der Waals surface area contributed by atoms with Gasteiger partial charge in [-0.3, -0.25) is 4.79 Å². The van der Waals surface area contributed by atoms with Crippen molar-refractivity contribution in [2.45, 2.75) is 25.1 Å². The van der Waals surface area contributed by atoms with Crippen molar-refractivity contribution in [1.29, 1.82) is 0 Å². The number of aliphatic carboxylic acids is 1. The van der Waals surface area contributed by atoms with E-state index in [0.29, 0.717) is 0 Å². The third-order valence-corrected chi connectivity index (χ3v) is 2.67. The number of carboxylic acids is 1. The number of hydrogen-bond donors (Lipinski definition) is 1. The fraction of sp³-hybridized carbons (Fsp3) is 0.833. The van der Waals surface area contributed by atoms with Gasteiger partial charge in [0, 0.05) is 0 Å². The molecule has 0 aromatic heterocycles. The van der Waals surface area contributed by atoms with E-state index in [9.17, 15) is 4.79 Å². The molecule has 0 rings (SSSR count). The van der Waals surface area contributed by atoms with Crippen LogP contribution in [0.1, 0.15) is 20.3 Å². The Morgan fingerprint density at radius 2 is 2.22 bits per heavy atom. The van der Waals surface area contributed by atoms with Crippen molar-refractivity contribution in [3.63, 3.8) is 0 Å². The normalized spacial score (nSPS) is 16.8. The highest BCUT2D eigenvalue weighted by Gasteiger charge is 2.18. The average Bonchev–Trinajstić information content (AvgIpc) is 1.84. The summed E-state index contributed by atoms with van der Waals surface area (Å²) in [4.78, 5) is 9.87. The van der Waals surface area contributed by atoms with Gasteiger partial charge in [-0.25, -0.2) is 0 Å². The summed E-state index contributed by atoms with van der Waals surface area (Å²) >= 11 is 3.07. The molecule has 0 aromatic carbocycles. The van der Waals surface area contributed by atoms with Gasteiger partial charge in [0.2, 0.25) is 0 Å². The van der Waals surface area contributed by atoms with Crippen molar-refractivity contribution in [3.05, 3.63) is 0 Å². The molecule has 0 saturated carbocycles. The molecule has 0 saturated heterocycles. The zero-order chi connectivity index (χ0) is 7.44. The lowest BCUT2D eigenvalue weighted by Gasteiger charge is -2.10. The first-order chi connectivity index (χ1) is 4.09. The van der Waals surface area contributed by atoms with E-state index in [4.69, 9.17) is 5.11 Å². The molecule has 0 amide bonds. The van der Waals surface area contributed by atoms with Gasteiger partial charge in [0.15, 0.2) is 0 Å². The first kappa shape index (κ1) is 8.95. The molecule has 2 atom stereocenters. The molecule has 0 aromatic rings. The van der Waals surface area contributed by atoms with Gasteiger partial charge in [-0.05, 0) is 5.92 Å². The van der Waals surface area contributed by atoms with Crippen LogP contribution < -0.4 is 0 Å². The van der Waals surface area contributed by atoms with E-state index >= 15 is 0 Å². The Bertz CT molecular complexity index is 103. The van der Waals surface area contributed by atoms with Crippen LogP contribution in [0.3, 0.4) is 0 Å². The lowest BCUT2D eigenvalue weighted by Crippen LogP contribution is -2.20. The number of alkyl halides is 1. The third-order valence-electron chi connectivity index (χ3n) is 1.38. The molecule has 0 aliphatic heterocycles. The van der Waals surface area contributed by atoms with Gasteiger partial charge in [0.25, 0.3) is 0 Å². The van der Waals surface area contributed by atoms with Gasteiger partial charge in [-0.2, -0.15) is 0 Å². The minimum atomic E-state index is -0.774. The van der Waals surface area contributed by atoms with Crippen LogP contribution in [0.25, 0.3) is 0 Å². The molecule has 9 heavy (non-hydrogen) atoms. The summed E-state index contributed by atoms with van der Waals surface area (Å²) in [5.74, 6) is -0.563. The van der Waals surface area contributed by atoms with Gasteiger partial charge < -0.3 is 5.11 Å². The summed E-state index contributed by atoms with van der Waals surface area (Å²) in [6.07, 6.45) is 0.891.